The minimum atomic E-state index is 0.00950. The number of hydrogen-bond donors (Lipinski definition) is 3. The van der Waals surface area contributed by atoms with E-state index in [-0.39, 0.29) is 5.91 Å². The van der Waals surface area contributed by atoms with Gasteiger partial charge in [0.15, 0.2) is 5.69 Å². The first-order valence-corrected chi connectivity index (χ1v) is 8.99. The summed E-state index contributed by atoms with van der Waals surface area (Å²) >= 11 is 0. The van der Waals surface area contributed by atoms with Crippen LogP contribution in [0.5, 0.6) is 0 Å². The van der Waals surface area contributed by atoms with Crippen LogP contribution < -0.4 is 5.32 Å². The van der Waals surface area contributed by atoms with Crippen LogP contribution in [0.1, 0.15) is 33.0 Å². The van der Waals surface area contributed by atoms with E-state index in [4.69, 9.17) is 0 Å². The topological polar surface area (TPSA) is 89.7 Å². The van der Waals surface area contributed by atoms with E-state index >= 15 is 0 Å². The van der Waals surface area contributed by atoms with E-state index in [1.165, 1.54) is 0 Å². The molecule has 0 unspecified atom stereocenters. The fourth-order valence-electron chi connectivity index (χ4n) is 3.87. The largest absolute Gasteiger partial charge is 0.332 e. The number of rotatable bonds is 2. The molecular weight excluding hydrogens is 328 g/mol. The third-order valence-electron chi connectivity index (χ3n) is 5.28. The number of aromatic amines is 2. The van der Waals surface area contributed by atoms with Gasteiger partial charge in [-0.25, -0.2) is 0 Å². The molecule has 0 bridgehead atoms. The van der Waals surface area contributed by atoms with Gasteiger partial charge >= 0.3 is 0 Å². The maximum atomic E-state index is 13.1. The van der Waals surface area contributed by atoms with Gasteiger partial charge < -0.3 is 10.2 Å². The molecule has 0 fully saturated rings. The Labute approximate surface area is 150 Å². The van der Waals surface area contributed by atoms with Crippen LogP contribution in [0.3, 0.4) is 0 Å². The number of H-pyrrole nitrogens is 2. The van der Waals surface area contributed by atoms with Crippen LogP contribution in [0.2, 0.25) is 0 Å². The predicted molar refractivity (Wildman–Crippen MR) is 96.5 cm³/mol. The first-order valence-electron chi connectivity index (χ1n) is 8.99. The van der Waals surface area contributed by atoms with Crippen LogP contribution in [0.4, 0.5) is 0 Å². The number of carbonyl (C=O) groups excluding carboxylic acids is 1. The van der Waals surface area contributed by atoms with Crippen LogP contribution in [-0.2, 0) is 25.9 Å². The van der Waals surface area contributed by atoms with Crippen LogP contribution >= 0.6 is 0 Å². The molecule has 2 aliphatic rings. The molecule has 5 rings (SSSR count). The van der Waals surface area contributed by atoms with Gasteiger partial charge in [-0.1, -0.05) is 30.3 Å². The average Bonchev–Trinajstić information content (AvgIpc) is 3.32. The molecule has 132 valence electrons. The van der Waals surface area contributed by atoms with Gasteiger partial charge in [-0.2, -0.15) is 10.2 Å². The number of nitrogens with zero attached hydrogens (tertiary/aromatic N) is 3. The van der Waals surface area contributed by atoms with Crippen molar-refractivity contribution >= 4 is 5.91 Å². The van der Waals surface area contributed by atoms with E-state index in [0.717, 1.165) is 59.7 Å². The Morgan fingerprint density at radius 1 is 1.00 bits per heavy atom. The molecule has 4 heterocycles. The molecule has 1 aromatic carbocycles. The van der Waals surface area contributed by atoms with Gasteiger partial charge in [0, 0.05) is 41.9 Å². The number of nitrogens with one attached hydrogen (secondary N) is 3. The van der Waals surface area contributed by atoms with E-state index in [9.17, 15) is 4.79 Å². The third-order valence-corrected chi connectivity index (χ3v) is 5.28. The lowest BCUT2D eigenvalue weighted by Gasteiger charge is -2.27. The van der Waals surface area contributed by atoms with Crippen LogP contribution in [0.25, 0.3) is 11.3 Å². The highest BCUT2D eigenvalue weighted by atomic mass is 16.2. The molecule has 2 aromatic heterocycles. The summed E-state index contributed by atoms with van der Waals surface area (Å²) in [6, 6.07) is 10.1. The summed E-state index contributed by atoms with van der Waals surface area (Å²) in [7, 11) is 0. The molecule has 0 aliphatic carbocycles. The number of amides is 1. The van der Waals surface area contributed by atoms with Crippen LogP contribution in [0.15, 0.2) is 30.3 Å². The van der Waals surface area contributed by atoms with Gasteiger partial charge in [-0.05, 0) is 13.0 Å². The fraction of sp³-hybridized carbons (Fsp3) is 0.316. The standard InChI is InChI=1S/C19H20N6O/c26-19(18-13-6-8-20-10-16(13)22-24-18)25-9-7-15-14(11-25)17(23-21-15)12-4-2-1-3-5-12/h1-5,20H,6-11H2,(H,21,23)(H,22,24). The van der Waals surface area contributed by atoms with Gasteiger partial charge in [0.05, 0.1) is 17.9 Å². The normalized spacial score (nSPS) is 16.2. The molecule has 2 aliphatic heterocycles. The summed E-state index contributed by atoms with van der Waals surface area (Å²) in [5.74, 6) is 0.00950. The summed E-state index contributed by atoms with van der Waals surface area (Å²) in [5, 5.41) is 18.3. The summed E-state index contributed by atoms with van der Waals surface area (Å²) in [4.78, 5) is 15.0. The molecule has 7 nitrogen and oxygen atoms in total. The summed E-state index contributed by atoms with van der Waals surface area (Å²) < 4.78 is 0. The smallest absolute Gasteiger partial charge is 0.274 e. The molecule has 0 saturated heterocycles. The molecule has 0 saturated carbocycles. The highest BCUT2D eigenvalue weighted by Crippen LogP contribution is 2.29. The van der Waals surface area contributed by atoms with Gasteiger partial charge in [-0.15, -0.1) is 0 Å². The Morgan fingerprint density at radius 3 is 2.73 bits per heavy atom. The molecule has 7 heteroatoms. The average molecular weight is 348 g/mol. The molecule has 3 N–H and O–H groups in total. The monoisotopic (exact) mass is 348 g/mol. The molecule has 0 atom stereocenters. The van der Waals surface area contributed by atoms with Gasteiger partial charge in [0.25, 0.3) is 5.91 Å². The Bertz CT molecular complexity index is 958. The Balaban J connectivity index is 1.45. The minimum Gasteiger partial charge on any atom is -0.332 e. The highest BCUT2D eigenvalue weighted by molar-refractivity contribution is 5.94. The van der Waals surface area contributed by atoms with E-state index < -0.39 is 0 Å². The van der Waals surface area contributed by atoms with Crippen molar-refractivity contribution in [2.45, 2.75) is 25.9 Å². The van der Waals surface area contributed by atoms with Crippen molar-refractivity contribution in [3.05, 3.63) is 58.5 Å². The lowest BCUT2D eigenvalue weighted by Crippen LogP contribution is -2.37. The van der Waals surface area contributed by atoms with Crippen molar-refractivity contribution in [1.82, 2.24) is 30.6 Å². The van der Waals surface area contributed by atoms with Gasteiger partial charge in [0.1, 0.15) is 0 Å². The summed E-state index contributed by atoms with van der Waals surface area (Å²) in [5.41, 5.74) is 6.92. The quantitative estimate of drug-likeness (QED) is 0.657. The molecule has 1 amide bonds. The third kappa shape index (κ3) is 2.43. The maximum absolute atomic E-state index is 13.1. The highest BCUT2D eigenvalue weighted by Gasteiger charge is 2.30. The van der Waals surface area contributed by atoms with Crippen molar-refractivity contribution in [3.8, 4) is 11.3 Å². The zero-order valence-electron chi connectivity index (χ0n) is 14.4. The van der Waals surface area contributed by atoms with Crippen LogP contribution in [0, 0.1) is 0 Å². The summed E-state index contributed by atoms with van der Waals surface area (Å²) in [6.45, 7) is 2.88. The zero-order valence-corrected chi connectivity index (χ0v) is 14.4. The second kappa shape index (κ2) is 6.10. The number of hydrogen-bond acceptors (Lipinski definition) is 4. The zero-order chi connectivity index (χ0) is 17.5. The lowest BCUT2D eigenvalue weighted by atomic mass is 10.00. The van der Waals surface area contributed by atoms with Crippen molar-refractivity contribution < 1.29 is 4.79 Å². The molecular formula is C19H20N6O. The van der Waals surface area contributed by atoms with Gasteiger partial charge in [0.2, 0.25) is 0 Å². The minimum absolute atomic E-state index is 0.00950. The SMILES string of the molecule is O=C(c1n[nH]c2c1CCNC2)N1CCc2[nH]nc(-c3ccccc3)c2C1. The lowest BCUT2D eigenvalue weighted by molar-refractivity contribution is 0.0727. The number of carbonyl (C=O) groups is 1. The van der Waals surface area contributed by atoms with Crippen molar-refractivity contribution in [2.75, 3.05) is 13.1 Å². The Kier molecular flexibility index (Phi) is 3.60. The van der Waals surface area contributed by atoms with E-state index in [2.05, 4.69) is 25.7 Å². The second-order valence-corrected chi connectivity index (χ2v) is 6.83. The van der Waals surface area contributed by atoms with E-state index in [1.54, 1.807) is 0 Å². The van der Waals surface area contributed by atoms with Gasteiger partial charge in [-0.3, -0.25) is 15.0 Å². The molecule has 3 aromatic rings. The maximum Gasteiger partial charge on any atom is 0.274 e. The van der Waals surface area contributed by atoms with E-state index in [0.29, 0.717) is 18.8 Å². The second-order valence-electron chi connectivity index (χ2n) is 6.83. The number of fused-ring (bicyclic) bond motifs is 2. The fourth-order valence-corrected chi connectivity index (χ4v) is 3.87. The van der Waals surface area contributed by atoms with Crippen LogP contribution in [-0.4, -0.2) is 44.3 Å². The van der Waals surface area contributed by atoms with Crippen molar-refractivity contribution in [1.29, 1.82) is 0 Å². The Hall–Kier alpha value is -2.93. The molecule has 0 spiro atoms. The first kappa shape index (κ1) is 15.3. The van der Waals surface area contributed by atoms with Crippen molar-refractivity contribution in [3.63, 3.8) is 0 Å². The molecule has 0 radical (unpaired) electrons. The number of aromatic nitrogens is 4. The number of benzene rings is 1. The molecule has 26 heavy (non-hydrogen) atoms. The van der Waals surface area contributed by atoms with Crippen molar-refractivity contribution in [2.24, 2.45) is 0 Å². The Morgan fingerprint density at radius 2 is 1.85 bits per heavy atom. The first-order chi connectivity index (χ1) is 12.8. The summed E-state index contributed by atoms with van der Waals surface area (Å²) in [6.07, 6.45) is 1.63. The predicted octanol–water partition coefficient (Wildman–Crippen LogP) is 1.64. The van der Waals surface area contributed by atoms with E-state index in [1.807, 2.05) is 35.2 Å².